The summed E-state index contributed by atoms with van der Waals surface area (Å²) < 4.78 is 13.3. The predicted octanol–water partition coefficient (Wildman–Crippen LogP) is 2.89. The smallest absolute Gasteiger partial charge is 0.138 e. The molecule has 2 fully saturated rings. The van der Waals surface area contributed by atoms with Gasteiger partial charge in [-0.2, -0.15) is 5.10 Å². The Morgan fingerprint density at radius 2 is 1.96 bits per heavy atom. The van der Waals surface area contributed by atoms with Crippen LogP contribution in [0.5, 0.6) is 0 Å². The molecule has 0 spiro atoms. The zero-order valence-electron chi connectivity index (χ0n) is 15.6. The van der Waals surface area contributed by atoms with Crippen LogP contribution in [0.4, 0.5) is 0 Å². The van der Waals surface area contributed by atoms with Crippen molar-refractivity contribution in [2.24, 2.45) is 11.8 Å². The van der Waals surface area contributed by atoms with Gasteiger partial charge in [-0.05, 0) is 51.0 Å². The lowest BCUT2D eigenvalue weighted by atomic mass is 9.77. The summed E-state index contributed by atoms with van der Waals surface area (Å²) in [6.07, 6.45) is 6.59. The van der Waals surface area contributed by atoms with Gasteiger partial charge in [0.25, 0.3) is 0 Å². The van der Waals surface area contributed by atoms with E-state index in [0.29, 0.717) is 17.9 Å². The van der Waals surface area contributed by atoms with Crippen LogP contribution < -0.4 is 0 Å². The van der Waals surface area contributed by atoms with E-state index in [1.165, 1.54) is 11.1 Å². The Hall–Kier alpha value is -1.66. The summed E-state index contributed by atoms with van der Waals surface area (Å²) in [7, 11) is 1.84. The van der Waals surface area contributed by atoms with Crippen molar-refractivity contribution in [1.82, 2.24) is 19.8 Å². The second kappa shape index (κ2) is 6.57. The van der Waals surface area contributed by atoms with Crippen LogP contribution in [0.3, 0.4) is 0 Å². The van der Waals surface area contributed by atoms with Gasteiger partial charge in [0.05, 0.1) is 24.0 Å². The standard InChI is InChI=1S/C19H28N4O2/c1-12-7-20-23(8-12)18-5-15-9-22(10-16(15)6-19(18)24-4)11-17-13(2)21-25-14(17)3/h7-8,15-16,18-19H,5-6,9-11H2,1-4H3/t15-,16+,18-,19-/m0/s1. The third-order valence-electron chi connectivity index (χ3n) is 6.10. The van der Waals surface area contributed by atoms with Crippen LogP contribution in [0, 0.1) is 32.6 Å². The minimum absolute atomic E-state index is 0.250. The van der Waals surface area contributed by atoms with Crippen molar-refractivity contribution in [2.75, 3.05) is 20.2 Å². The summed E-state index contributed by atoms with van der Waals surface area (Å²) in [6, 6.07) is 0.346. The second-order valence-electron chi connectivity index (χ2n) is 7.83. The van der Waals surface area contributed by atoms with Crippen LogP contribution in [0.1, 0.15) is 41.5 Å². The van der Waals surface area contributed by atoms with Gasteiger partial charge < -0.3 is 9.26 Å². The molecule has 1 saturated heterocycles. The number of methoxy groups -OCH3 is 1. The number of rotatable bonds is 4. The molecule has 0 radical (unpaired) electrons. The van der Waals surface area contributed by atoms with Crippen LogP contribution in [-0.4, -0.2) is 46.1 Å². The molecule has 6 nitrogen and oxygen atoms in total. The molecule has 0 N–H and O–H groups in total. The SMILES string of the molecule is CO[C@H]1C[C@@H]2CN(Cc3c(C)noc3C)C[C@@H]2C[C@@H]1n1cc(C)cn1. The third-order valence-corrected chi connectivity index (χ3v) is 6.10. The fourth-order valence-corrected chi connectivity index (χ4v) is 4.71. The molecule has 2 aromatic rings. The fraction of sp³-hybridized carbons (Fsp3) is 0.684. The number of likely N-dealkylation sites (tertiary alicyclic amines) is 1. The lowest BCUT2D eigenvalue weighted by Gasteiger charge is -2.37. The maximum atomic E-state index is 5.85. The number of aryl methyl sites for hydroxylation is 3. The number of fused-ring (bicyclic) bond motifs is 1. The highest BCUT2D eigenvalue weighted by Gasteiger charge is 2.43. The van der Waals surface area contributed by atoms with Gasteiger partial charge in [0.2, 0.25) is 0 Å². The average molecular weight is 344 g/mol. The zero-order valence-corrected chi connectivity index (χ0v) is 15.6. The summed E-state index contributed by atoms with van der Waals surface area (Å²) in [5, 5.41) is 8.65. The molecule has 136 valence electrons. The Kier molecular flexibility index (Phi) is 4.41. The molecule has 4 rings (SSSR count). The molecule has 1 saturated carbocycles. The minimum atomic E-state index is 0.250. The number of hydrogen-bond acceptors (Lipinski definition) is 5. The van der Waals surface area contributed by atoms with Crippen molar-refractivity contribution in [3.05, 3.63) is 35.0 Å². The first-order valence-electron chi connectivity index (χ1n) is 9.22. The molecule has 1 aliphatic carbocycles. The van der Waals surface area contributed by atoms with Gasteiger partial charge in [-0.1, -0.05) is 5.16 Å². The Labute approximate surface area is 149 Å². The zero-order chi connectivity index (χ0) is 17.6. The van der Waals surface area contributed by atoms with Crippen LogP contribution in [0.25, 0.3) is 0 Å². The predicted molar refractivity (Wildman–Crippen MR) is 94.3 cm³/mol. The quantitative estimate of drug-likeness (QED) is 0.853. The number of nitrogens with zero attached hydrogens (tertiary/aromatic N) is 4. The minimum Gasteiger partial charge on any atom is -0.379 e. The normalized spacial score (nSPS) is 29.9. The molecule has 0 unspecified atom stereocenters. The Balaban J connectivity index is 1.47. The van der Waals surface area contributed by atoms with Crippen LogP contribution in [-0.2, 0) is 11.3 Å². The Morgan fingerprint density at radius 3 is 2.56 bits per heavy atom. The average Bonchev–Trinajstić information content (AvgIpc) is 3.28. The van der Waals surface area contributed by atoms with Crippen molar-refractivity contribution in [3.63, 3.8) is 0 Å². The van der Waals surface area contributed by atoms with E-state index in [4.69, 9.17) is 9.26 Å². The van der Waals surface area contributed by atoms with Gasteiger partial charge in [0, 0.05) is 38.5 Å². The highest BCUT2D eigenvalue weighted by atomic mass is 16.5. The number of hydrogen-bond donors (Lipinski definition) is 0. The van der Waals surface area contributed by atoms with Crippen LogP contribution >= 0.6 is 0 Å². The monoisotopic (exact) mass is 344 g/mol. The summed E-state index contributed by atoms with van der Waals surface area (Å²) >= 11 is 0. The topological polar surface area (TPSA) is 56.3 Å². The molecule has 0 amide bonds. The lowest BCUT2D eigenvalue weighted by molar-refractivity contribution is -0.00488. The van der Waals surface area contributed by atoms with Gasteiger partial charge in [0.15, 0.2) is 0 Å². The van der Waals surface area contributed by atoms with E-state index in [9.17, 15) is 0 Å². The first-order chi connectivity index (χ1) is 12.0. The maximum absolute atomic E-state index is 5.85. The molecule has 25 heavy (non-hydrogen) atoms. The third kappa shape index (κ3) is 3.13. The summed E-state index contributed by atoms with van der Waals surface area (Å²) in [5.74, 6) is 2.37. The molecule has 0 aromatic carbocycles. The fourth-order valence-electron chi connectivity index (χ4n) is 4.71. The molecule has 2 aliphatic rings. The summed E-state index contributed by atoms with van der Waals surface area (Å²) in [5.41, 5.74) is 3.48. The van der Waals surface area contributed by atoms with E-state index in [1.54, 1.807) is 0 Å². The van der Waals surface area contributed by atoms with Crippen molar-refractivity contribution in [1.29, 1.82) is 0 Å². The van der Waals surface area contributed by atoms with Crippen LogP contribution in [0.2, 0.25) is 0 Å². The Morgan fingerprint density at radius 1 is 1.20 bits per heavy atom. The summed E-state index contributed by atoms with van der Waals surface area (Å²) in [6.45, 7) is 9.36. The van der Waals surface area contributed by atoms with E-state index in [-0.39, 0.29) is 6.10 Å². The van der Waals surface area contributed by atoms with Gasteiger partial charge in [-0.3, -0.25) is 9.58 Å². The highest BCUT2D eigenvalue weighted by molar-refractivity contribution is 5.20. The number of aromatic nitrogens is 3. The van der Waals surface area contributed by atoms with Crippen molar-refractivity contribution < 1.29 is 9.26 Å². The van der Waals surface area contributed by atoms with Gasteiger partial charge in [-0.25, -0.2) is 0 Å². The molecule has 3 heterocycles. The lowest BCUT2D eigenvalue weighted by Crippen LogP contribution is -2.37. The molecule has 4 atom stereocenters. The second-order valence-corrected chi connectivity index (χ2v) is 7.83. The van der Waals surface area contributed by atoms with Crippen molar-refractivity contribution >= 4 is 0 Å². The van der Waals surface area contributed by atoms with Gasteiger partial charge >= 0.3 is 0 Å². The van der Waals surface area contributed by atoms with E-state index in [0.717, 1.165) is 43.9 Å². The van der Waals surface area contributed by atoms with E-state index >= 15 is 0 Å². The van der Waals surface area contributed by atoms with E-state index in [2.05, 4.69) is 33.0 Å². The van der Waals surface area contributed by atoms with E-state index < -0.39 is 0 Å². The van der Waals surface area contributed by atoms with Gasteiger partial charge in [-0.15, -0.1) is 0 Å². The molecule has 6 heteroatoms. The molecule has 1 aliphatic heterocycles. The Bertz CT molecular complexity index is 718. The molecular weight excluding hydrogens is 316 g/mol. The van der Waals surface area contributed by atoms with Crippen molar-refractivity contribution in [2.45, 2.75) is 52.3 Å². The first-order valence-corrected chi connectivity index (χ1v) is 9.22. The van der Waals surface area contributed by atoms with E-state index in [1.807, 2.05) is 27.2 Å². The number of ether oxygens (including phenoxy) is 1. The maximum Gasteiger partial charge on any atom is 0.138 e. The molecule has 2 aromatic heterocycles. The largest absolute Gasteiger partial charge is 0.379 e. The van der Waals surface area contributed by atoms with Crippen molar-refractivity contribution in [3.8, 4) is 0 Å². The summed E-state index contributed by atoms with van der Waals surface area (Å²) in [4.78, 5) is 2.56. The van der Waals surface area contributed by atoms with Crippen LogP contribution in [0.15, 0.2) is 16.9 Å². The van der Waals surface area contributed by atoms with Gasteiger partial charge in [0.1, 0.15) is 5.76 Å². The highest BCUT2D eigenvalue weighted by Crippen LogP contribution is 2.42. The molecule has 0 bridgehead atoms. The molecular formula is C19H28N4O2. The first kappa shape index (κ1) is 16.8.